The zero-order valence-electron chi connectivity index (χ0n) is 11.8. The van der Waals surface area contributed by atoms with Crippen molar-refractivity contribution in [3.63, 3.8) is 0 Å². The number of nitrogens with zero attached hydrogens (tertiary/aromatic N) is 2. The predicted molar refractivity (Wildman–Crippen MR) is 80.2 cm³/mol. The number of methoxy groups -OCH3 is 1. The Hall–Kier alpha value is -1.11. The molecule has 1 aromatic heterocycles. The summed E-state index contributed by atoms with van der Waals surface area (Å²) >= 11 is 0. The van der Waals surface area contributed by atoms with Gasteiger partial charge in [0.1, 0.15) is 0 Å². The van der Waals surface area contributed by atoms with Crippen LogP contribution in [0.3, 0.4) is 0 Å². The molecular weight excluding hydrogens is 280 g/mol. The fourth-order valence-electron chi connectivity index (χ4n) is 2.30. The van der Waals surface area contributed by atoms with E-state index < -0.39 is 0 Å². The smallest absolute Gasteiger partial charge is 0.224 e. The van der Waals surface area contributed by atoms with Gasteiger partial charge in [0.25, 0.3) is 0 Å². The molecule has 0 atom stereocenters. The van der Waals surface area contributed by atoms with Crippen molar-refractivity contribution in [3.05, 3.63) is 12.4 Å². The molecule has 20 heavy (non-hydrogen) atoms. The van der Waals surface area contributed by atoms with E-state index in [1.54, 1.807) is 18.0 Å². The number of rotatable bonds is 6. The molecule has 0 radical (unpaired) electrons. The molecular formula is C13H23ClN4O2. The zero-order chi connectivity index (χ0) is 13.5. The third-order valence-corrected chi connectivity index (χ3v) is 3.37. The van der Waals surface area contributed by atoms with Crippen molar-refractivity contribution in [1.29, 1.82) is 0 Å². The Morgan fingerprint density at radius 2 is 2.30 bits per heavy atom. The van der Waals surface area contributed by atoms with Crippen LogP contribution in [-0.4, -0.2) is 42.5 Å². The third-order valence-electron chi connectivity index (χ3n) is 3.37. The lowest BCUT2D eigenvalue weighted by molar-refractivity contribution is -0.117. The van der Waals surface area contributed by atoms with Crippen LogP contribution < -0.4 is 10.6 Å². The number of amides is 1. The maximum absolute atomic E-state index is 11.9. The van der Waals surface area contributed by atoms with Gasteiger partial charge in [-0.3, -0.25) is 9.48 Å². The van der Waals surface area contributed by atoms with Gasteiger partial charge in [-0.25, -0.2) is 0 Å². The molecule has 1 aliphatic rings. The monoisotopic (exact) mass is 302 g/mol. The van der Waals surface area contributed by atoms with E-state index in [2.05, 4.69) is 15.7 Å². The number of hydrogen-bond donors (Lipinski definition) is 2. The lowest BCUT2D eigenvalue weighted by Crippen LogP contribution is -2.30. The molecule has 0 saturated carbocycles. The standard InChI is InChI=1S/C13H22N4O2.ClH/c1-19-7-6-17-10-12(9-15-17)16-13(18)8-11-2-4-14-5-3-11;/h9-11,14H,2-8H2,1H3,(H,16,18);1H. The number of carbonyl (C=O) groups excluding carboxylic acids is 1. The maximum atomic E-state index is 11.9. The summed E-state index contributed by atoms with van der Waals surface area (Å²) in [5, 5.41) is 10.4. The number of ether oxygens (including phenoxy) is 1. The molecule has 0 unspecified atom stereocenters. The predicted octanol–water partition coefficient (Wildman–Crippen LogP) is 1.28. The zero-order valence-corrected chi connectivity index (χ0v) is 12.6. The second-order valence-electron chi connectivity index (χ2n) is 4.93. The number of hydrogen-bond acceptors (Lipinski definition) is 4. The van der Waals surface area contributed by atoms with Gasteiger partial charge in [-0.05, 0) is 31.8 Å². The first-order chi connectivity index (χ1) is 9.28. The molecule has 1 fully saturated rings. The number of aromatic nitrogens is 2. The van der Waals surface area contributed by atoms with Gasteiger partial charge in [-0.15, -0.1) is 12.4 Å². The maximum Gasteiger partial charge on any atom is 0.224 e. The van der Waals surface area contributed by atoms with Crippen molar-refractivity contribution in [2.75, 3.05) is 32.1 Å². The number of anilines is 1. The Morgan fingerprint density at radius 3 is 3.00 bits per heavy atom. The number of nitrogens with one attached hydrogen (secondary N) is 2. The van der Waals surface area contributed by atoms with Gasteiger partial charge in [0, 0.05) is 19.7 Å². The topological polar surface area (TPSA) is 68.2 Å². The van der Waals surface area contributed by atoms with Crippen molar-refractivity contribution in [1.82, 2.24) is 15.1 Å². The summed E-state index contributed by atoms with van der Waals surface area (Å²) in [6.07, 6.45) is 6.28. The van der Waals surface area contributed by atoms with E-state index in [1.165, 1.54) is 0 Å². The van der Waals surface area contributed by atoms with Gasteiger partial charge in [-0.2, -0.15) is 5.10 Å². The summed E-state index contributed by atoms with van der Waals surface area (Å²) in [5.41, 5.74) is 0.759. The van der Waals surface area contributed by atoms with Crippen LogP contribution in [0.15, 0.2) is 12.4 Å². The Kier molecular flexibility index (Phi) is 7.58. The quantitative estimate of drug-likeness (QED) is 0.830. The highest BCUT2D eigenvalue weighted by atomic mass is 35.5. The van der Waals surface area contributed by atoms with Gasteiger partial charge in [-0.1, -0.05) is 0 Å². The molecule has 6 nitrogen and oxygen atoms in total. The lowest BCUT2D eigenvalue weighted by Gasteiger charge is -2.21. The van der Waals surface area contributed by atoms with Gasteiger partial charge in [0.15, 0.2) is 0 Å². The van der Waals surface area contributed by atoms with Crippen LogP contribution in [0.4, 0.5) is 5.69 Å². The molecule has 0 aromatic carbocycles. The van der Waals surface area contributed by atoms with Gasteiger partial charge in [0.05, 0.1) is 25.0 Å². The average Bonchev–Trinajstić information content (AvgIpc) is 2.85. The number of carbonyl (C=O) groups is 1. The van der Waals surface area contributed by atoms with Crippen LogP contribution in [0.25, 0.3) is 0 Å². The molecule has 1 aromatic rings. The second kappa shape index (κ2) is 8.94. The van der Waals surface area contributed by atoms with Crippen LogP contribution >= 0.6 is 12.4 Å². The molecule has 1 saturated heterocycles. The Bertz CT molecular complexity index is 405. The summed E-state index contributed by atoms with van der Waals surface area (Å²) in [7, 11) is 1.66. The number of halogens is 1. The average molecular weight is 303 g/mol. The molecule has 114 valence electrons. The van der Waals surface area contributed by atoms with E-state index in [1.807, 2.05) is 6.20 Å². The van der Waals surface area contributed by atoms with Crippen LogP contribution in [0.1, 0.15) is 19.3 Å². The third kappa shape index (κ3) is 5.48. The molecule has 1 amide bonds. The van der Waals surface area contributed by atoms with Crippen molar-refractivity contribution < 1.29 is 9.53 Å². The highest BCUT2D eigenvalue weighted by molar-refractivity contribution is 5.90. The van der Waals surface area contributed by atoms with E-state index >= 15 is 0 Å². The molecule has 0 spiro atoms. The van der Waals surface area contributed by atoms with E-state index in [4.69, 9.17) is 4.74 Å². The molecule has 2 heterocycles. The Labute approximate surface area is 125 Å². The first-order valence-corrected chi connectivity index (χ1v) is 6.80. The lowest BCUT2D eigenvalue weighted by atomic mass is 9.94. The van der Waals surface area contributed by atoms with Gasteiger partial charge in [0.2, 0.25) is 5.91 Å². The fourth-order valence-corrected chi connectivity index (χ4v) is 2.30. The summed E-state index contributed by atoms with van der Waals surface area (Å²) in [5.74, 6) is 0.586. The fraction of sp³-hybridized carbons (Fsp3) is 0.692. The summed E-state index contributed by atoms with van der Waals surface area (Å²) in [6, 6.07) is 0. The molecule has 7 heteroatoms. The number of piperidine rings is 1. The van der Waals surface area contributed by atoms with E-state index in [0.717, 1.165) is 31.6 Å². The van der Waals surface area contributed by atoms with Crippen LogP contribution in [-0.2, 0) is 16.1 Å². The van der Waals surface area contributed by atoms with E-state index in [0.29, 0.717) is 25.5 Å². The van der Waals surface area contributed by atoms with Crippen molar-refractivity contribution in [2.45, 2.75) is 25.8 Å². The van der Waals surface area contributed by atoms with E-state index in [-0.39, 0.29) is 18.3 Å². The van der Waals surface area contributed by atoms with Crippen LogP contribution in [0.2, 0.25) is 0 Å². The van der Waals surface area contributed by atoms with Crippen LogP contribution in [0.5, 0.6) is 0 Å². The van der Waals surface area contributed by atoms with E-state index in [9.17, 15) is 4.79 Å². The van der Waals surface area contributed by atoms with Gasteiger partial charge >= 0.3 is 0 Å². The normalized spacial score (nSPS) is 15.7. The van der Waals surface area contributed by atoms with Crippen LogP contribution in [0, 0.1) is 5.92 Å². The van der Waals surface area contributed by atoms with Crippen molar-refractivity contribution in [2.24, 2.45) is 5.92 Å². The van der Waals surface area contributed by atoms with Crippen molar-refractivity contribution in [3.8, 4) is 0 Å². The molecule has 0 aliphatic carbocycles. The Morgan fingerprint density at radius 1 is 1.55 bits per heavy atom. The van der Waals surface area contributed by atoms with Crippen molar-refractivity contribution >= 4 is 24.0 Å². The molecule has 2 rings (SSSR count). The first kappa shape index (κ1) is 16.9. The minimum atomic E-state index is 0. The molecule has 2 N–H and O–H groups in total. The minimum absolute atomic E-state index is 0. The first-order valence-electron chi connectivity index (χ1n) is 6.80. The highest BCUT2D eigenvalue weighted by Gasteiger charge is 2.17. The summed E-state index contributed by atoms with van der Waals surface area (Å²) in [6.45, 7) is 3.35. The molecule has 0 bridgehead atoms. The molecule has 1 aliphatic heterocycles. The Balaban J connectivity index is 0.00000200. The SMILES string of the molecule is COCCn1cc(NC(=O)CC2CCNCC2)cn1.Cl. The van der Waals surface area contributed by atoms with Gasteiger partial charge < -0.3 is 15.4 Å². The minimum Gasteiger partial charge on any atom is -0.383 e. The highest BCUT2D eigenvalue weighted by Crippen LogP contribution is 2.17. The largest absolute Gasteiger partial charge is 0.383 e. The summed E-state index contributed by atoms with van der Waals surface area (Å²) < 4.78 is 6.75. The second-order valence-corrected chi connectivity index (χ2v) is 4.93. The summed E-state index contributed by atoms with van der Waals surface area (Å²) in [4.78, 5) is 11.9.